The zero-order chi connectivity index (χ0) is 13.9. The molecule has 0 atom stereocenters. The number of ether oxygens (including phenoxy) is 2. The summed E-state index contributed by atoms with van der Waals surface area (Å²) in [7, 11) is 3.34. The predicted molar refractivity (Wildman–Crippen MR) is 76.5 cm³/mol. The van der Waals surface area contributed by atoms with Gasteiger partial charge in [-0.25, -0.2) is 4.98 Å². The number of nitrogens with zero attached hydrogens (tertiary/aromatic N) is 2. The highest BCUT2D eigenvalue weighted by Crippen LogP contribution is 2.27. The van der Waals surface area contributed by atoms with Crippen LogP contribution in [-0.2, 0) is 6.54 Å². The van der Waals surface area contributed by atoms with Crippen molar-refractivity contribution >= 4 is 0 Å². The molecule has 0 radical (unpaired) electrons. The maximum absolute atomic E-state index is 5.45. The van der Waals surface area contributed by atoms with Crippen LogP contribution in [0.5, 0.6) is 11.5 Å². The van der Waals surface area contributed by atoms with Crippen molar-refractivity contribution in [3.63, 3.8) is 0 Å². The van der Waals surface area contributed by atoms with Gasteiger partial charge in [-0.1, -0.05) is 0 Å². The van der Waals surface area contributed by atoms with E-state index in [9.17, 15) is 0 Å². The SMILES string of the molecule is COc1ccc(Cn2cncc2C2CNC2)c(OC)c1. The molecule has 106 valence electrons. The van der Waals surface area contributed by atoms with Crippen LogP contribution in [0.4, 0.5) is 0 Å². The molecular formula is C15H19N3O2. The van der Waals surface area contributed by atoms with Crippen LogP contribution in [0, 0.1) is 0 Å². The molecular weight excluding hydrogens is 254 g/mol. The lowest BCUT2D eigenvalue weighted by Gasteiger charge is -2.28. The van der Waals surface area contributed by atoms with Gasteiger partial charge < -0.3 is 19.4 Å². The second-order valence-corrected chi connectivity index (χ2v) is 4.98. The summed E-state index contributed by atoms with van der Waals surface area (Å²) in [6.45, 7) is 2.83. The third-order valence-corrected chi connectivity index (χ3v) is 3.78. The number of benzene rings is 1. The first kappa shape index (κ1) is 13.0. The molecule has 5 nitrogen and oxygen atoms in total. The van der Waals surface area contributed by atoms with E-state index in [1.54, 1.807) is 14.2 Å². The molecule has 3 rings (SSSR count). The maximum atomic E-state index is 5.45. The summed E-state index contributed by atoms with van der Waals surface area (Å²) in [5.41, 5.74) is 2.40. The van der Waals surface area contributed by atoms with E-state index in [-0.39, 0.29) is 0 Å². The van der Waals surface area contributed by atoms with Crippen LogP contribution < -0.4 is 14.8 Å². The van der Waals surface area contributed by atoms with E-state index in [0.717, 1.165) is 36.7 Å². The molecule has 0 amide bonds. The molecule has 2 heterocycles. The van der Waals surface area contributed by atoms with Gasteiger partial charge in [-0.2, -0.15) is 0 Å². The van der Waals surface area contributed by atoms with Crippen molar-refractivity contribution in [2.45, 2.75) is 12.5 Å². The number of nitrogens with one attached hydrogen (secondary N) is 1. The van der Waals surface area contributed by atoms with Gasteiger partial charge in [0.2, 0.25) is 0 Å². The van der Waals surface area contributed by atoms with Gasteiger partial charge in [-0.3, -0.25) is 0 Å². The van der Waals surface area contributed by atoms with E-state index in [0.29, 0.717) is 5.92 Å². The first-order valence-electron chi connectivity index (χ1n) is 6.73. The molecule has 1 N–H and O–H groups in total. The van der Waals surface area contributed by atoms with Crippen molar-refractivity contribution in [3.8, 4) is 11.5 Å². The second-order valence-electron chi connectivity index (χ2n) is 4.98. The topological polar surface area (TPSA) is 48.3 Å². The molecule has 2 aromatic rings. The second kappa shape index (κ2) is 5.54. The van der Waals surface area contributed by atoms with E-state index in [1.165, 1.54) is 5.69 Å². The Morgan fingerprint density at radius 2 is 2.15 bits per heavy atom. The quantitative estimate of drug-likeness (QED) is 0.899. The number of imidazole rings is 1. The van der Waals surface area contributed by atoms with Gasteiger partial charge in [-0.15, -0.1) is 0 Å². The average molecular weight is 273 g/mol. The van der Waals surface area contributed by atoms with Gasteiger partial charge in [0.15, 0.2) is 0 Å². The van der Waals surface area contributed by atoms with E-state index >= 15 is 0 Å². The highest BCUT2D eigenvalue weighted by molar-refractivity contribution is 5.41. The average Bonchev–Trinajstić information content (AvgIpc) is 2.85. The molecule has 0 aliphatic carbocycles. The number of rotatable bonds is 5. The zero-order valence-electron chi connectivity index (χ0n) is 11.8. The lowest BCUT2D eigenvalue weighted by molar-refractivity contribution is 0.388. The fourth-order valence-corrected chi connectivity index (χ4v) is 2.47. The Balaban J connectivity index is 1.85. The number of hydrogen-bond donors (Lipinski definition) is 1. The lowest BCUT2D eigenvalue weighted by atomic mass is 10.00. The molecule has 1 aliphatic heterocycles. The van der Waals surface area contributed by atoms with Crippen molar-refractivity contribution in [2.24, 2.45) is 0 Å². The molecule has 0 unspecified atom stereocenters. The highest BCUT2D eigenvalue weighted by atomic mass is 16.5. The molecule has 1 aromatic carbocycles. The van der Waals surface area contributed by atoms with Crippen molar-refractivity contribution in [2.75, 3.05) is 27.3 Å². The van der Waals surface area contributed by atoms with Gasteiger partial charge in [-0.05, 0) is 12.1 Å². The molecule has 0 saturated carbocycles. The van der Waals surface area contributed by atoms with Crippen molar-refractivity contribution < 1.29 is 9.47 Å². The van der Waals surface area contributed by atoms with Gasteiger partial charge in [0.1, 0.15) is 11.5 Å². The minimum Gasteiger partial charge on any atom is -0.497 e. The highest BCUT2D eigenvalue weighted by Gasteiger charge is 2.22. The molecule has 1 aliphatic rings. The summed E-state index contributed by atoms with van der Waals surface area (Å²) in [5, 5.41) is 3.30. The molecule has 0 spiro atoms. The number of hydrogen-bond acceptors (Lipinski definition) is 4. The van der Waals surface area contributed by atoms with Crippen molar-refractivity contribution in [3.05, 3.63) is 42.0 Å². The summed E-state index contributed by atoms with van der Waals surface area (Å²) < 4.78 is 12.9. The third kappa shape index (κ3) is 2.36. The standard InChI is InChI=1S/C15H19N3O2/c1-19-13-4-3-11(15(5-13)20-2)9-18-10-17-8-14(18)12-6-16-7-12/h3-5,8,10,12,16H,6-7,9H2,1-2H3. The monoisotopic (exact) mass is 273 g/mol. The summed E-state index contributed by atoms with van der Waals surface area (Å²) in [6.07, 6.45) is 3.85. The Hall–Kier alpha value is -2.01. The minimum atomic E-state index is 0.571. The van der Waals surface area contributed by atoms with Crippen LogP contribution in [0.15, 0.2) is 30.7 Å². The number of methoxy groups -OCH3 is 2. The Kier molecular flexibility index (Phi) is 3.60. The van der Waals surface area contributed by atoms with Gasteiger partial charge in [0, 0.05) is 42.5 Å². The fourth-order valence-electron chi connectivity index (χ4n) is 2.47. The predicted octanol–water partition coefficient (Wildman–Crippen LogP) is 1.64. The molecule has 20 heavy (non-hydrogen) atoms. The summed E-state index contributed by atoms with van der Waals surface area (Å²) in [5.74, 6) is 2.22. The van der Waals surface area contributed by atoms with Crippen molar-refractivity contribution in [1.82, 2.24) is 14.9 Å². The van der Waals surface area contributed by atoms with Crippen LogP contribution in [0.2, 0.25) is 0 Å². The van der Waals surface area contributed by atoms with Crippen LogP contribution in [0.25, 0.3) is 0 Å². The molecule has 1 fully saturated rings. The van der Waals surface area contributed by atoms with Gasteiger partial charge in [0.25, 0.3) is 0 Å². The molecule has 1 aromatic heterocycles. The van der Waals surface area contributed by atoms with E-state index in [4.69, 9.17) is 9.47 Å². The lowest BCUT2D eigenvalue weighted by Crippen LogP contribution is -2.40. The first-order valence-corrected chi connectivity index (χ1v) is 6.73. The zero-order valence-corrected chi connectivity index (χ0v) is 11.8. The van der Waals surface area contributed by atoms with Gasteiger partial charge in [0.05, 0.1) is 27.1 Å². The van der Waals surface area contributed by atoms with Crippen LogP contribution >= 0.6 is 0 Å². The summed E-state index contributed by atoms with van der Waals surface area (Å²) in [6, 6.07) is 5.91. The largest absolute Gasteiger partial charge is 0.497 e. The third-order valence-electron chi connectivity index (χ3n) is 3.78. The molecule has 1 saturated heterocycles. The fraction of sp³-hybridized carbons (Fsp3) is 0.400. The Morgan fingerprint density at radius 1 is 1.30 bits per heavy atom. The van der Waals surface area contributed by atoms with E-state index < -0.39 is 0 Å². The number of aromatic nitrogens is 2. The van der Waals surface area contributed by atoms with Crippen LogP contribution in [0.3, 0.4) is 0 Å². The first-order chi connectivity index (χ1) is 9.81. The van der Waals surface area contributed by atoms with Gasteiger partial charge >= 0.3 is 0 Å². The Morgan fingerprint density at radius 3 is 2.80 bits per heavy atom. The smallest absolute Gasteiger partial charge is 0.127 e. The molecule has 0 bridgehead atoms. The Bertz CT molecular complexity index is 591. The van der Waals surface area contributed by atoms with Crippen LogP contribution in [-0.4, -0.2) is 36.9 Å². The summed E-state index contributed by atoms with van der Waals surface area (Å²) in [4.78, 5) is 4.28. The normalized spacial score (nSPS) is 14.9. The van der Waals surface area contributed by atoms with Crippen molar-refractivity contribution in [1.29, 1.82) is 0 Å². The van der Waals surface area contributed by atoms with E-state index in [1.807, 2.05) is 30.7 Å². The Labute approximate surface area is 118 Å². The summed E-state index contributed by atoms with van der Waals surface area (Å²) >= 11 is 0. The maximum Gasteiger partial charge on any atom is 0.127 e. The van der Waals surface area contributed by atoms with Crippen LogP contribution in [0.1, 0.15) is 17.2 Å². The molecule has 5 heteroatoms. The van der Waals surface area contributed by atoms with E-state index in [2.05, 4.69) is 14.9 Å². The minimum absolute atomic E-state index is 0.571.